The predicted octanol–water partition coefficient (Wildman–Crippen LogP) is 10.0. The molecule has 0 saturated heterocycles. The second-order valence-corrected chi connectivity index (χ2v) is 13.8. The molecule has 0 aliphatic heterocycles. The van der Waals surface area contributed by atoms with Gasteiger partial charge in [0.05, 0.1) is 17.2 Å². The van der Waals surface area contributed by atoms with Crippen molar-refractivity contribution in [2.45, 2.75) is 70.6 Å². The van der Waals surface area contributed by atoms with Crippen molar-refractivity contribution in [3.63, 3.8) is 0 Å². The van der Waals surface area contributed by atoms with E-state index in [1.54, 1.807) is 0 Å². The van der Waals surface area contributed by atoms with E-state index in [2.05, 4.69) is 85.4 Å². The fourth-order valence-electron chi connectivity index (χ4n) is 9.48. The predicted molar refractivity (Wildman–Crippen MR) is 173 cm³/mol. The van der Waals surface area contributed by atoms with Crippen LogP contribution in [0.3, 0.4) is 0 Å². The lowest BCUT2D eigenvalue weighted by molar-refractivity contribution is -0.660. The number of hydrogen-bond acceptors (Lipinski definition) is 2. The standard InChI is InChI=1S/C40H41N2O/c1-25-10-19-34-35-21-18-31(24-41)38(40(35)43-39(34)37(25)36-9-5-6-22-42(36)2)28-14-11-26(12-15-28)29-17-20-33-30(23-29)16-13-27-7-3-4-8-32(27)33/h5-6,9-12,14-15,18-19,21-22,27,29-30,32-33H,3-4,7-8,13,16-17,20,23H2,1-2H3/q+1. The molecule has 3 aromatic carbocycles. The number of pyridine rings is 1. The lowest BCUT2D eigenvalue weighted by Gasteiger charge is -2.49. The summed E-state index contributed by atoms with van der Waals surface area (Å²) in [5, 5.41) is 12.3. The average Bonchev–Trinajstić information content (AvgIpc) is 3.43. The highest BCUT2D eigenvalue weighted by atomic mass is 16.3. The lowest BCUT2D eigenvalue weighted by atomic mass is 9.56. The van der Waals surface area contributed by atoms with Gasteiger partial charge in [-0.1, -0.05) is 55.7 Å². The van der Waals surface area contributed by atoms with Crippen LogP contribution in [0.4, 0.5) is 0 Å². The molecule has 3 aliphatic rings. The highest BCUT2D eigenvalue weighted by molar-refractivity contribution is 6.14. The van der Waals surface area contributed by atoms with Gasteiger partial charge in [0.1, 0.15) is 18.2 Å². The minimum Gasteiger partial charge on any atom is -0.454 e. The monoisotopic (exact) mass is 565 g/mol. The molecule has 3 aliphatic carbocycles. The van der Waals surface area contributed by atoms with Gasteiger partial charge >= 0.3 is 0 Å². The quantitative estimate of drug-likeness (QED) is 0.204. The maximum atomic E-state index is 10.2. The van der Waals surface area contributed by atoms with E-state index < -0.39 is 0 Å². The van der Waals surface area contributed by atoms with Crippen molar-refractivity contribution in [3.05, 3.63) is 89.6 Å². The number of benzene rings is 3. The summed E-state index contributed by atoms with van der Waals surface area (Å²) in [6, 6.07) is 26.3. The van der Waals surface area contributed by atoms with E-state index in [4.69, 9.17) is 4.42 Å². The fourth-order valence-corrected chi connectivity index (χ4v) is 9.48. The number of aryl methyl sites for hydroxylation is 2. The van der Waals surface area contributed by atoms with E-state index in [0.29, 0.717) is 11.5 Å². The van der Waals surface area contributed by atoms with Gasteiger partial charge < -0.3 is 4.42 Å². The third kappa shape index (κ3) is 4.41. The van der Waals surface area contributed by atoms with Gasteiger partial charge in [0.15, 0.2) is 6.20 Å². The third-order valence-electron chi connectivity index (χ3n) is 11.6. The first-order chi connectivity index (χ1) is 21.1. The van der Waals surface area contributed by atoms with Crippen LogP contribution < -0.4 is 4.57 Å². The van der Waals surface area contributed by atoms with Crippen LogP contribution in [0.2, 0.25) is 0 Å². The number of fused-ring (bicyclic) bond motifs is 6. The summed E-state index contributed by atoms with van der Waals surface area (Å²) >= 11 is 0. The van der Waals surface area contributed by atoms with Crippen molar-refractivity contribution in [3.8, 4) is 28.5 Å². The van der Waals surface area contributed by atoms with Crippen LogP contribution in [0.5, 0.6) is 0 Å². The number of nitrogens with zero attached hydrogens (tertiary/aromatic N) is 2. The van der Waals surface area contributed by atoms with E-state index in [-0.39, 0.29) is 0 Å². The molecule has 3 fully saturated rings. The topological polar surface area (TPSA) is 40.8 Å². The van der Waals surface area contributed by atoms with E-state index in [9.17, 15) is 5.26 Å². The van der Waals surface area contributed by atoms with Crippen molar-refractivity contribution < 1.29 is 8.98 Å². The molecule has 2 aromatic heterocycles. The molecule has 3 nitrogen and oxygen atoms in total. The first kappa shape index (κ1) is 26.7. The molecule has 5 unspecified atom stereocenters. The summed E-state index contributed by atoms with van der Waals surface area (Å²) < 4.78 is 8.93. The summed E-state index contributed by atoms with van der Waals surface area (Å²) in [6.07, 6.45) is 15.0. The Morgan fingerprint density at radius 2 is 1.49 bits per heavy atom. The second kappa shape index (κ2) is 10.7. The van der Waals surface area contributed by atoms with E-state index in [1.165, 1.54) is 68.9 Å². The maximum absolute atomic E-state index is 10.2. The van der Waals surface area contributed by atoms with Gasteiger partial charge in [-0.3, -0.25) is 0 Å². The van der Waals surface area contributed by atoms with Crippen LogP contribution in [-0.2, 0) is 7.05 Å². The maximum Gasteiger partial charge on any atom is 0.216 e. The lowest BCUT2D eigenvalue weighted by Crippen LogP contribution is -2.39. The minimum atomic E-state index is 0.657. The van der Waals surface area contributed by atoms with Crippen LogP contribution in [-0.4, -0.2) is 0 Å². The Hall–Kier alpha value is -3.90. The first-order valence-corrected chi connectivity index (χ1v) is 16.5. The minimum absolute atomic E-state index is 0.657. The van der Waals surface area contributed by atoms with Gasteiger partial charge in [-0.05, 0) is 110 Å². The van der Waals surface area contributed by atoms with Gasteiger partial charge in [0.2, 0.25) is 5.69 Å². The first-order valence-electron chi connectivity index (χ1n) is 16.5. The van der Waals surface area contributed by atoms with Crippen molar-refractivity contribution in [2.75, 3.05) is 0 Å². The van der Waals surface area contributed by atoms with Crippen molar-refractivity contribution in [1.82, 2.24) is 0 Å². The van der Waals surface area contributed by atoms with Gasteiger partial charge in [-0.2, -0.15) is 5.26 Å². The SMILES string of the molecule is Cc1ccc2c(oc3c(-c4ccc(C5CCC6C(CCC7CCCCC76)C5)cc4)c(C#N)ccc32)c1-c1cccc[n+]1C. The molecular formula is C40H41N2O+. The number of aromatic nitrogens is 1. The molecular weight excluding hydrogens is 524 g/mol. The van der Waals surface area contributed by atoms with Gasteiger partial charge in [-0.15, -0.1) is 0 Å². The molecule has 0 radical (unpaired) electrons. The smallest absolute Gasteiger partial charge is 0.216 e. The van der Waals surface area contributed by atoms with Crippen LogP contribution in [0, 0.1) is 41.9 Å². The molecule has 0 N–H and O–H groups in total. The Morgan fingerprint density at radius 1 is 0.744 bits per heavy atom. The average molecular weight is 566 g/mol. The molecule has 8 rings (SSSR count). The summed E-state index contributed by atoms with van der Waals surface area (Å²) in [6.45, 7) is 2.14. The zero-order chi connectivity index (χ0) is 29.1. The molecule has 5 aromatic rings. The number of rotatable bonds is 3. The van der Waals surface area contributed by atoms with E-state index in [1.807, 2.05) is 12.1 Å². The van der Waals surface area contributed by atoms with Crippen LogP contribution in [0.1, 0.15) is 80.4 Å². The third-order valence-corrected chi connectivity index (χ3v) is 11.6. The Balaban J connectivity index is 1.16. The zero-order valence-corrected chi connectivity index (χ0v) is 25.5. The summed E-state index contributed by atoms with van der Waals surface area (Å²) in [5.41, 5.74) is 9.17. The molecule has 2 heterocycles. The Labute approximate surface area is 255 Å². The van der Waals surface area contributed by atoms with Crippen molar-refractivity contribution in [1.29, 1.82) is 5.26 Å². The highest BCUT2D eigenvalue weighted by Crippen LogP contribution is 2.54. The molecule has 0 spiro atoms. The molecule has 43 heavy (non-hydrogen) atoms. The Kier molecular flexibility index (Phi) is 6.63. The van der Waals surface area contributed by atoms with Gasteiger partial charge in [-0.25, -0.2) is 4.57 Å². The molecule has 5 atom stereocenters. The second-order valence-electron chi connectivity index (χ2n) is 13.8. The van der Waals surface area contributed by atoms with Crippen LogP contribution in [0.25, 0.3) is 44.3 Å². The highest BCUT2D eigenvalue weighted by Gasteiger charge is 2.43. The molecule has 0 amide bonds. The summed E-state index contributed by atoms with van der Waals surface area (Å²) in [7, 11) is 2.07. The largest absolute Gasteiger partial charge is 0.454 e. The summed E-state index contributed by atoms with van der Waals surface area (Å²) in [5.74, 6) is 4.58. The van der Waals surface area contributed by atoms with Crippen molar-refractivity contribution >= 4 is 21.9 Å². The zero-order valence-electron chi connectivity index (χ0n) is 25.5. The van der Waals surface area contributed by atoms with Gasteiger partial charge in [0.25, 0.3) is 0 Å². The summed E-state index contributed by atoms with van der Waals surface area (Å²) in [4.78, 5) is 0. The van der Waals surface area contributed by atoms with Crippen molar-refractivity contribution in [2.24, 2.45) is 30.7 Å². The molecule has 216 valence electrons. The Bertz CT molecular complexity index is 1870. The molecule has 3 saturated carbocycles. The fraction of sp³-hybridized carbons (Fsp3) is 0.400. The van der Waals surface area contributed by atoms with Crippen LogP contribution in [0.15, 0.2) is 77.3 Å². The number of nitriles is 1. The number of furan rings is 1. The Morgan fingerprint density at radius 3 is 2.30 bits per heavy atom. The number of hydrogen-bond donors (Lipinski definition) is 0. The molecule has 0 bridgehead atoms. The van der Waals surface area contributed by atoms with Crippen LogP contribution >= 0.6 is 0 Å². The van der Waals surface area contributed by atoms with E-state index >= 15 is 0 Å². The van der Waals surface area contributed by atoms with E-state index in [0.717, 1.165) is 68.0 Å². The van der Waals surface area contributed by atoms with Gasteiger partial charge in [0, 0.05) is 28.5 Å². The normalized spacial score (nSPS) is 25.3. The molecule has 3 heteroatoms.